The van der Waals surface area contributed by atoms with E-state index in [1.165, 1.54) is 9.71 Å². The molecular formula is C19H25N5S. The van der Waals surface area contributed by atoms with Crippen LogP contribution in [-0.2, 0) is 13.0 Å². The minimum Gasteiger partial charge on any atom is -0.357 e. The minimum absolute atomic E-state index is 0.800. The average molecular weight is 356 g/mol. The van der Waals surface area contributed by atoms with E-state index in [1.54, 1.807) is 11.3 Å². The fraction of sp³-hybridized carbons (Fsp3) is 0.368. The third kappa shape index (κ3) is 5.32. The number of para-hydroxylation sites is 1. The van der Waals surface area contributed by atoms with Crippen LogP contribution in [0.3, 0.4) is 0 Å². The lowest BCUT2D eigenvalue weighted by atomic mass is 10.3. The Morgan fingerprint density at radius 1 is 1.16 bits per heavy atom. The summed E-state index contributed by atoms with van der Waals surface area (Å²) in [6, 6.07) is 12.4. The van der Waals surface area contributed by atoms with Gasteiger partial charge in [0.15, 0.2) is 5.96 Å². The van der Waals surface area contributed by atoms with E-state index in [0.29, 0.717) is 0 Å². The van der Waals surface area contributed by atoms with Crippen molar-refractivity contribution in [1.29, 1.82) is 0 Å². The van der Waals surface area contributed by atoms with Crippen LogP contribution in [0.25, 0.3) is 10.2 Å². The van der Waals surface area contributed by atoms with E-state index < -0.39 is 0 Å². The Bertz CT molecular complexity index is 758. The Hall–Kier alpha value is -2.34. The van der Waals surface area contributed by atoms with Gasteiger partial charge in [-0.1, -0.05) is 12.1 Å². The topological polar surface area (TPSA) is 54.2 Å². The molecule has 0 bridgehead atoms. The monoisotopic (exact) mass is 355 g/mol. The largest absolute Gasteiger partial charge is 0.357 e. The van der Waals surface area contributed by atoms with Gasteiger partial charge in [-0.15, -0.1) is 11.3 Å². The van der Waals surface area contributed by atoms with E-state index in [9.17, 15) is 0 Å². The van der Waals surface area contributed by atoms with Gasteiger partial charge in [-0.25, -0.2) is 4.98 Å². The molecule has 0 atom stereocenters. The lowest BCUT2D eigenvalue weighted by Gasteiger charge is -2.11. The summed E-state index contributed by atoms with van der Waals surface area (Å²) in [7, 11) is 0. The van der Waals surface area contributed by atoms with Gasteiger partial charge >= 0.3 is 0 Å². The van der Waals surface area contributed by atoms with Crippen LogP contribution in [-0.4, -0.2) is 35.1 Å². The van der Waals surface area contributed by atoms with Gasteiger partial charge in [0.25, 0.3) is 0 Å². The zero-order valence-electron chi connectivity index (χ0n) is 14.6. The first-order valence-corrected chi connectivity index (χ1v) is 9.64. The number of nitrogens with zero attached hydrogens (tertiary/aromatic N) is 3. The zero-order chi connectivity index (χ0) is 17.3. The molecule has 0 spiro atoms. The number of hydrogen-bond acceptors (Lipinski definition) is 3. The number of aromatic nitrogens is 2. The summed E-state index contributed by atoms with van der Waals surface area (Å²) in [6.45, 7) is 5.55. The number of guanidine groups is 1. The summed E-state index contributed by atoms with van der Waals surface area (Å²) in [5, 5.41) is 7.88. The molecule has 5 nitrogen and oxygen atoms in total. The Kier molecular flexibility index (Phi) is 6.45. The summed E-state index contributed by atoms with van der Waals surface area (Å²) >= 11 is 1.79. The van der Waals surface area contributed by atoms with Gasteiger partial charge in [0.05, 0.1) is 15.2 Å². The van der Waals surface area contributed by atoms with Gasteiger partial charge in [0.2, 0.25) is 0 Å². The van der Waals surface area contributed by atoms with Gasteiger partial charge in [0, 0.05) is 45.0 Å². The molecule has 0 fully saturated rings. The molecule has 132 valence electrons. The molecule has 25 heavy (non-hydrogen) atoms. The third-order valence-corrected chi connectivity index (χ3v) is 4.93. The lowest BCUT2D eigenvalue weighted by Crippen LogP contribution is -2.38. The second kappa shape index (κ2) is 9.22. The van der Waals surface area contributed by atoms with Crippen molar-refractivity contribution in [1.82, 2.24) is 20.2 Å². The number of aliphatic imine (C=N–C) groups is 1. The number of hydrogen-bond donors (Lipinski definition) is 2. The maximum absolute atomic E-state index is 4.68. The maximum atomic E-state index is 4.68. The molecule has 2 aromatic heterocycles. The van der Waals surface area contributed by atoms with Crippen molar-refractivity contribution in [2.24, 2.45) is 4.99 Å². The van der Waals surface area contributed by atoms with Crippen molar-refractivity contribution >= 4 is 27.5 Å². The van der Waals surface area contributed by atoms with E-state index in [2.05, 4.69) is 62.7 Å². The Balaban J connectivity index is 1.44. The van der Waals surface area contributed by atoms with Crippen LogP contribution in [0.15, 0.2) is 53.8 Å². The number of benzene rings is 1. The normalized spacial score (nSPS) is 11.8. The molecule has 3 aromatic rings. The molecule has 2 heterocycles. The molecule has 0 amide bonds. The van der Waals surface area contributed by atoms with Gasteiger partial charge < -0.3 is 15.2 Å². The van der Waals surface area contributed by atoms with E-state index in [4.69, 9.17) is 0 Å². The summed E-state index contributed by atoms with van der Waals surface area (Å²) in [5.74, 6) is 0.888. The molecule has 0 unspecified atom stereocenters. The Labute approximate surface area is 152 Å². The van der Waals surface area contributed by atoms with Crippen molar-refractivity contribution in [3.8, 4) is 0 Å². The highest BCUT2D eigenvalue weighted by molar-refractivity contribution is 7.18. The van der Waals surface area contributed by atoms with Crippen LogP contribution in [0, 0.1) is 0 Å². The summed E-state index contributed by atoms with van der Waals surface area (Å²) < 4.78 is 3.42. The van der Waals surface area contributed by atoms with Gasteiger partial charge in [0.1, 0.15) is 0 Å². The predicted molar refractivity (Wildman–Crippen MR) is 106 cm³/mol. The highest BCUT2D eigenvalue weighted by Crippen LogP contribution is 2.22. The molecule has 3 rings (SSSR count). The van der Waals surface area contributed by atoms with Crippen molar-refractivity contribution in [3.63, 3.8) is 0 Å². The highest BCUT2D eigenvalue weighted by atomic mass is 32.1. The van der Waals surface area contributed by atoms with Gasteiger partial charge in [-0.2, -0.15) is 0 Å². The third-order valence-electron chi connectivity index (χ3n) is 3.83. The number of aryl methyl sites for hydroxylation is 1. The van der Waals surface area contributed by atoms with Crippen LogP contribution >= 0.6 is 11.3 Å². The molecule has 1 aromatic carbocycles. The zero-order valence-corrected chi connectivity index (χ0v) is 15.4. The SMILES string of the molecule is CCNC(=NCCCc1nc2ccccc2s1)NCCn1cccc1. The highest BCUT2D eigenvalue weighted by Gasteiger charge is 2.03. The summed E-state index contributed by atoms with van der Waals surface area (Å²) in [5.41, 5.74) is 1.10. The lowest BCUT2D eigenvalue weighted by molar-refractivity contribution is 0.664. The molecule has 6 heteroatoms. The molecule has 0 aliphatic heterocycles. The first-order valence-electron chi connectivity index (χ1n) is 8.82. The molecule has 0 saturated carbocycles. The van der Waals surface area contributed by atoms with Crippen LogP contribution in [0.5, 0.6) is 0 Å². The van der Waals surface area contributed by atoms with E-state index in [1.807, 2.05) is 18.2 Å². The molecule has 0 aliphatic rings. The second-order valence-corrected chi connectivity index (χ2v) is 6.90. The van der Waals surface area contributed by atoms with Crippen LogP contribution in [0.2, 0.25) is 0 Å². The number of thiazole rings is 1. The van der Waals surface area contributed by atoms with E-state index in [0.717, 1.165) is 50.5 Å². The fourth-order valence-corrected chi connectivity index (χ4v) is 3.62. The standard InChI is InChI=1S/C19H25N5S/c1-2-20-19(22-12-15-24-13-5-6-14-24)21-11-7-10-18-23-16-8-3-4-9-17(16)25-18/h3-6,8-9,13-14H,2,7,10-12,15H2,1H3,(H2,20,21,22). The maximum Gasteiger partial charge on any atom is 0.191 e. The quantitative estimate of drug-likeness (QED) is 0.370. The van der Waals surface area contributed by atoms with Crippen molar-refractivity contribution in [2.75, 3.05) is 19.6 Å². The first kappa shape index (κ1) is 17.5. The number of nitrogens with one attached hydrogen (secondary N) is 2. The average Bonchev–Trinajstić information content (AvgIpc) is 3.27. The van der Waals surface area contributed by atoms with Crippen LogP contribution in [0.1, 0.15) is 18.4 Å². The smallest absolute Gasteiger partial charge is 0.191 e. The minimum atomic E-state index is 0.800. The van der Waals surface area contributed by atoms with Crippen LogP contribution < -0.4 is 10.6 Å². The van der Waals surface area contributed by atoms with Crippen molar-refractivity contribution in [3.05, 3.63) is 53.8 Å². The fourth-order valence-electron chi connectivity index (χ4n) is 2.61. The summed E-state index contributed by atoms with van der Waals surface area (Å²) in [4.78, 5) is 9.34. The molecule has 0 saturated heterocycles. The predicted octanol–water partition coefficient (Wildman–Crippen LogP) is 3.29. The number of rotatable bonds is 8. The molecule has 0 radical (unpaired) electrons. The Morgan fingerprint density at radius 3 is 2.80 bits per heavy atom. The second-order valence-electron chi connectivity index (χ2n) is 5.79. The molecule has 0 aliphatic carbocycles. The number of fused-ring (bicyclic) bond motifs is 1. The van der Waals surface area contributed by atoms with Gasteiger partial charge in [-0.3, -0.25) is 4.99 Å². The Morgan fingerprint density at radius 2 is 2.00 bits per heavy atom. The summed E-state index contributed by atoms with van der Waals surface area (Å²) in [6.07, 6.45) is 6.13. The van der Waals surface area contributed by atoms with Gasteiger partial charge in [-0.05, 0) is 37.6 Å². The van der Waals surface area contributed by atoms with E-state index in [-0.39, 0.29) is 0 Å². The first-order chi connectivity index (χ1) is 12.3. The van der Waals surface area contributed by atoms with E-state index >= 15 is 0 Å². The van der Waals surface area contributed by atoms with Crippen molar-refractivity contribution < 1.29 is 0 Å². The molecule has 2 N–H and O–H groups in total. The van der Waals surface area contributed by atoms with Crippen LogP contribution in [0.4, 0.5) is 0 Å². The van der Waals surface area contributed by atoms with Crippen molar-refractivity contribution in [2.45, 2.75) is 26.3 Å². The molecular weight excluding hydrogens is 330 g/mol.